The number of aliphatic carboxylic acids is 1. The van der Waals surface area contributed by atoms with Crippen molar-refractivity contribution in [3.8, 4) is 0 Å². The first-order valence-electron chi connectivity index (χ1n) is 8.29. The van der Waals surface area contributed by atoms with Crippen molar-refractivity contribution in [1.82, 2.24) is 10.2 Å². The van der Waals surface area contributed by atoms with Crippen LogP contribution in [0.4, 0.5) is 0 Å². The SMILES string of the molecule is CC(=C\c1ccccc1)/C=C1/SC(=S)N(CCC(=O)N[C@@H](C)C(=O)O)C1=O. The third kappa shape index (κ3) is 6.04. The van der Waals surface area contributed by atoms with E-state index in [9.17, 15) is 14.4 Å². The number of nitrogens with zero attached hydrogens (tertiary/aromatic N) is 1. The minimum atomic E-state index is -1.11. The van der Waals surface area contributed by atoms with Crippen molar-refractivity contribution in [3.63, 3.8) is 0 Å². The van der Waals surface area contributed by atoms with Crippen LogP contribution in [0.25, 0.3) is 6.08 Å². The normalized spacial score (nSPS) is 17.3. The molecular weight excluding hydrogens is 384 g/mol. The number of amides is 2. The van der Waals surface area contributed by atoms with Crippen LogP contribution in [0, 0.1) is 0 Å². The van der Waals surface area contributed by atoms with Gasteiger partial charge in [0.15, 0.2) is 0 Å². The van der Waals surface area contributed by atoms with Crippen molar-refractivity contribution in [2.24, 2.45) is 0 Å². The second-order valence-electron chi connectivity index (χ2n) is 6.01. The van der Waals surface area contributed by atoms with E-state index in [0.29, 0.717) is 9.23 Å². The Labute approximate surface area is 167 Å². The Morgan fingerprint density at radius 1 is 1.33 bits per heavy atom. The second kappa shape index (κ2) is 9.48. The average Bonchev–Trinajstić information content (AvgIpc) is 2.87. The van der Waals surface area contributed by atoms with Crippen LogP contribution < -0.4 is 5.32 Å². The fourth-order valence-electron chi connectivity index (χ4n) is 2.34. The molecule has 0 aliphatic carbocycles. The number of carbonyl (C=O) groups is 3. The van der Waals surface area contributed by atoms with Crippen LogP contribution >= 0.6 is 24.0 Å². The van der Waals surface area contributed by atoms with Gasteiger partial charge in [-0.25, -0.2) is 0 Å². The van der Waals surface area contributed by atoms with E-state index in [1.165, 1.54) is 23.6 Å². The van der Waals surface area contributed by atoms with Gasteiger partial charge in [0.1, 0.15) is 10.4 Å². The highest BCUT2D eigenvalue weighted by Crippen LogP contribution is 2.32. The Balaban J connectivity index is 1.99. The molecule has 1 aliphatic heterocycles. The van der Waals surface area contributed by atoms with Gasteiger partial charge in [-0.15, -0.1) is 0 Å². The number of rotatable bonds is 7. The van der Waals surface area contributed by atoms with Gasteiger partial charge >= 0.3 is 5.97 Å². The maximum Gasteiger partial charge on any atom is 0.325 e. The summed E-state index contributed by atoms with van der Waals surface area (Å²) in [7, 11) is 0. The number of carboxylic acid groups (broad SMARTS) is 1. The van der Waals surface area contributed by atoms with Crippen LogP contribution in [0.3, 0.4) is 0 Å². The first-order chi connectivity index (χ1) is 12.8. The second-order valence-corrected chi connectivity index (χ2v) is 7.69. The lowest BCUT2D eigenvalue weighted by Gasteiger charge is -2.15. The molecule has 0 aromatic heterocycles. The van der Waals surface area contributed by atoms with Crippen molar-refractivity contribution < 1.29 is 19.5 Å². The molecule has 0 unspecified atom stereocenters. The standard InChI is InChI=1S/C19H20N2O4S2/c1-12(10-14-6-4-3-5-7-14)11-15-17(23)21(19(26)27-15)9-8-16(22)20-13(2)18(24)25/h3-7,10-11,13H,8-9H2,1-2H3,(H,20,22)(H,24,25)/b12-10+,15-11+/t13-/m0/s1. The molecule has 1 heterocycles. The highest BCUT2D eigenvalue weighted by atomic mass is 32.2. The molecule has 6 nitrogen and oxygen atoms in total. The topological polar surface area (TPSA) is 86.7 Å². The Morgan fingerprint density at radius 2 is 2.00 bits per heavy atom. The summed E-state index contributed by atoms with van der Waals surface area (Å²) in [4.78, 5) is 37.0. The predicted octanol–water partition coefficient (Wildman–Crippen LogP) is 2.81. The van der Waals surface area contributed by atoms with E-state index in [1.807, 2.05) is 43.3 Å². The molecule has 0 bridgehead atoms. The zero-order valence-corrected chi connectivity index (χ0v) is 16.6. The Kier molecular flexibility index (Phi) is 7.32. The number of carboxylic acids is 1. The van der Waals surface area contributed by atoms with Gasteiger partial charge in [0, 0.05) is 13.0 Å². The molecule has 2 rings (SSSR count). The average molecular weight is 405 g/mol. The van der Waals surface area contributed by atoms with E-state index in [1.54, 1.807) is 6.08 Å². The molecule has 0 radical (unpaired) electrons. The molecule has 1 aromatic rings. The van der Waals surface area contributed by atoms with Crippen LogP contribution in [0.1, 0.15) is 25.8 Å². The largest absolute Gasteiger partial charge is 0.480 e. The van der Waals surface area contributed by atoms with Crippen LogP contribution in [-0.4, -0.2) is 44.7 Å². The van der Waals surface area contributed by atoms with Crippen LogP contribution in [-0.2, 0) is 14.4 Å². The quantitative estimate of drug-likeness (QED) is 0.537. The summed E-state index contributed by atoms with van der Waals surface area (Å²) in [6.45, 7) is 3.40. The molecule has 8 heteroatoms. The van der Waals surface area contributed by atoms with Crippen molar-refractivity contribution in [1.29, 1.82) is 0 Å². The molecule has 1 atom stereocenters. The molecule has 0 spiro atoms. The first-order valence-corrected chi connectivity index (χ1v) is 9.51. The third-order valence-electron chi connectivity index (χ3n) is 3.74. The number of carbonyl (C=O) groups excluding carboxylic acids is 2. The van der Waals surface area contributed by atoms with Gasteiger partial charge in [-0.1, -0.05) is 60.4 Å². The lowest BCUT2D eigenvalue weighted by molar-refractivity contribution is -0.141. The van der Waals surface area contributed by atoms with E-state index in [2.05, 4.69) is 5.32 Å². The summed E-state index contributed by atoms with van der Waals surface area (Å²) in [5.74, 6) is -1.80. The fraction of sp³-hybridized carbons (Fsp3) is 0.263. The van der Waals surface area contributed by atoms with Gasteiger partial charge in [-0.05, 0) is 31.1 Å². The lowest BCUT2D eigenvalue weighted by Crippen LogP contribution is -2.40. The number of thiocarbonyl (C=S) groups is 1. The molecule has 142 valence electrons. The third-order valence-corrected chi connectivity index (χ3v) is 5.11. The zero-order valence-electron chi connectivity index (χ0n) is 15.0. The maximum absolute atomic E-state index is 12.5. The lowest BCUT2D eigenvalue weighted by atomic mass is 10.1. The van der Waals surface area contributed by atoms with Crippen molar-refractivity contribution in [3.05, 3.63) is 52.4 Å². The maximum atomic E-state index is 12.5. The zero-order chi connectivity index (χ0) is 20.0. The van der Waals surface area contributed by atoms with E-state index >= 15 is 0 Å². The van der Waals surface area contributed by atoms with Gasteiger partial charge in [0.2, 0.25) is 5.91 Å². The Morgan fingerprint density at radius 3 is 2.63 bits per heavy atom. The smallest absolute Gasteiger partial charge is 0.325 e. The molecule has 2 N–H and O–H groups in total. The van der Waals surface area contributed by atoms with Gasteiger partial charge in [-0.2, -0.15) is 0 Å². The van der Waals surface area contributed by atoms with Crippen molar-refractivity contribution >= 4 is 52.2 Å². The summed E-state index contributed by atoms with van der Waals surface area (Å²) in [5.41, 5.74) is 1.95. The highest BCUT2D eigenvalue weighted by Gasteiger charge is 2.32. The summed E-state index contributed by atoms with van der Waals surface area (Å²) >= 11 is 6.43. The van der Waals surface area contributed by atoms with Gasteiger partial charge in [-0.3, -0.25) is 19.3 Å². The summed E-state index contributed by atoms with van der Waals surface area (Å²) in [6.07, 6.45) is 3.72. The summed E-state index contributed by atoms with van der Waals surface area (Å²) < 4.78 is 0.387. The van der Waals surface area contributed by atoms with E-state index in [4.69, 9.17) is 17.3 Å². The number of hydrogen-bond acceptors (Lipinski definition) is 5. The highest BCUT2D eigenvalue weighted by molar-refractivity contribution is 8.26. The fourth-order valence-corrected chi connectivity index (χ4v) is 3.70. The number of thioether (sulfide) groups is 1. The molecule has 1 saturated heterocycles. The monoisotopic (exact) mass is 404 g/mol. The molecule has 27 heavy (non-hydrogen) atoms. The molecule has 1 aromatic carbocycles. The van der Waals surface area contributed by atoms with Crippen LogP contribution in [0.15, 0.2) is 46.9 Å². The van der Waals surface area contributed by atoms with Gasteiger partial charge in [0.05, 0.1) is 4.91 Å². The van der Waals surface area contributed by atoms with E-state index < -0.39 is 17.9 Å². The van der Waals surface area contributed by atoms with Gasteiger partial charge < -0.3 is 10.4 Å². The van der Waals surface area contributed by atoms with Crippen LogP contribution in [0.2, 0.25) is 0 Å². The molecule has 1 aliphatic rings. The van der Waals surface area contributed by atoms with E-state index in [-0.39, 0.29) is 18.9 Å². The number of allylic oxidation sites excluding steroid dienone is 2. The Bertz CT molecular complexity index is 818. The number of nitrogens with one attached hydrogen (secondary N) is 1. The molecular formula is C19H20N2O4S2. The number of hydrogen-bond donors (Lipinski definition) is 2. The van der Waals surface area contributed by atoms with Crippen molar-refractivity contribution in [2.75, 3.05) is 6.54 Å². The molecule has 2 amide bonds. The minimum Gasteiger partial charge on any atom is -0.480 e. The summed E-state index contributed by atoms with van der Waals surface area (Å²) in [6, 6.07) is 8.78. The number of benzene rings is 1. The Hall–Kier alpha value is -2.45. The van der Waals surface area contributed by atoms with E-state index in [0.717, 1.165) is 11.1 Å². The van der Waals surface area contributed by atoms with Crippen LogP contribution in [0.5, 0.6) is 0 Å². The molecule has 1 fully saturated rings. The minimum absolute atomic E-state index is 0.0177. The first kappa shape index (κ1) is 20.9. The van der Waals surface area contributed by atoms with Crippen molar-refractivity contribution in [2.45, 2.75) is 26.3 Å². The predicted molar refractivity (Wildman–Crippen MR) is 110 cm³/mol. The summed E-state index contributed by atoms with van der Waals surface area (Å²) in [5, 5.41) is 11.2. The molecule has 0 saturated carbocycles. The van der Waals surface area contributed by atoms with Gasteiger partial charge in [0.25, 0.3) is 5.91 Å².